The molecule has 1 unspecified atom stereocenters. The van der Waals surface area contributed by atoms with Crippen LogP contribution in [-0.4, -0.2) is 5.66 Å². The smallest absolute Gasteiger partial charge is 0.0772 e. The fraction of sp³-hybridized carbons (Fsp3) is 1.00. The first-order valence-corrected chi connectivity index (χ1v) is 4.79. The van der Waals surface area contributed by atoms with Crippen molar-refractivity contribution in [1.82, 2.24) is 0 Å². The van der Waals surface area contributed by atoms with Crippen molar-refractivity contribution in [1.29, 1.82) is 0 Å². The maximum absolute atomic E-state index is 10.5. The molecular formula is C7H14OP+. The Morgan fingerprint density at radius 1 is 1.00 bits per heavy atom. The third-order valence-corrected chi connectivity index (χ3v) is 2.93. The fourth-order valence-corrected chi connectivity index (χ4v) is 2.04. The van der Waals surface area contributed by atoms with Crippen molar-refractivity contribution in [2.45, 2.75) is 44.2 Å². The molecule has 1 aliphatic carbocycles. The van der Waals surface area contributed by atoms with E-state index in [9.17, 15) is 4.57 Å². The van der Waals surface area contributed by atoms with Gasteiger partial charge in [-0.15, -0.1) is 0 Å². The second kappa shape index (κ2) is 4.00. The topological polar surface area (TPSA) is 17.1 Å². The van der Waals surface area contributed by atoms with Crippen LogP contribution in [0.5, 0.6) is 0 Å². The largest absolute Gasteiger partial charge is 0.327 e. The molecule has 52 valence electrons. The summed E-state index contributed by atoms with van der Waals surface area (Å²) in [6.45, 7) is 0. The lowest BCUT2D eigenvalue weighted by Gasteiger charge is -1.93. The molecule has 0 saturated heterocycles. The van der Waals surface area contributed by atoms with Gasteiger partial charge in [-0.3, -0.25) is 0 Å². The van der Waals surface area contributed by atoms with E-state index in [2.05, 4.69) is 0 Å². The zero-order valence-corrected chi connectivity index (χ0v) is 6.73. The lowest BCUT2D eigenvalue weighted by molar-refractivity contribution is 0.580. The highest BCUT2D eigenvalue weighted by atomic mass is 31.1. The van der Waals surface area contributed by atoms with E-state index < -0.39 is 0 Å². The van der Waals surface area contributed by atoms with E-state index in [4.69, 9.17) is 0 Å². The molecule has 1 nitrogen and oxygen atoms in total. The summed E-state index contributed by atoms with van der Waals surface area (Å²) in [6, 6.07) is 0. The minimum absolute atomic E-state index is 0.0475. The third-order valence-electron chi connectivity index (χ3n) is 2.02. The van der Waals surface area contributed by atoms with E-state index >= 15 is 0 Å². The van der Waals surface area contributed by atoms with Crippen LogP contribution < -0.4 is 0 Å². The van der Waals surface area contributed by atoms with Gasteiger partial charge in [0, 0.05) is 0 Å². The Bertz CT molecular complexity index is 84.9. The lowest BCUT2D eigenvalue weighted by Crippen LogP contribution is -1.93. The highest BCUT2D eigenvalue weighted by molar-refractivity contribution is 7.24. The molecule has 0 spiro atoms. The molecule has 0 amide bonds. The normalized spacial score (nSPS) is 24.0. The van der Waals surface area contributed by atoms with Crippen LogP contribution in [0.25, 0.3) is 0 Å². The minimum atomic E-state index is -0.0475. The molecule has 1 rings (SSSR count). The van der Waals surface area contributed by atoms with Crippen molar-refractivity contribution in [2.75, 3.05) is 0 Å². The van der Waals surface area contributed by atoms with Crippen LogP contribution in [0.15, 0.2) is 0 Å². The molecule has 0 heterocycles. The molecule has 9 heavy (non-hydrogen) atoms. The van der Waals surface area contributed by atoms with Crippen molar-refractivity contribution in [3.63, 3.8) is 0 Å². The molecule has 1 saturated carbocycles. The average Bonchev–Trinajstić information content (AvgIpc) is 2.13. The summed E-state index contributed by atoms with van der Waals surface area (Å²) in [4.78, 5) is 0. The molecule has 0 aromatic heterocycles. The summed E-state index contributed by atoms with van der Waals surface area (Å²) in [5.74, 6) is 0. The fourth-order valence-electron chi connectivity index (χ4n) is 1.40. The van der Waals surface area contributed by atoms with Gasteiger partial charge in [0.05, 0.1) is 0 Å². The van der Waals surface area contributed by atoms with E-state index in [1.807, 2.05) is 0 Å². The van der Waals surface area contributed by atoms with E-state index in [0.717, 1.165) is 0 Å². The van der Waals surface area contributed by atoms with Crippen LogP contribution >= 0.6 is 8.46 Å². The summed E-state index contributed by atoms with van der Waals surface area (Å²) in [5, 5.41) is 0. The molecule has 1 atom stereocenters. The van der Waals surface area contributed by atoms with Crippen molar-refractivity contribution in [3.8, 4) is 0 Å². The third kappa shape index (κ3) is 2.45. The van der Waals surface area contributed by atoms with Crippen molar-refractivity contribution in [2.24, 2.45) is 0 Å². The number of hydrogen-bond acceptors (Lipinski definition) is 1. The van der Waals surface area contributed by atoms with Gasteiger partial charge in [0.25, 0.3) is 0 Å². The average molecular weight is 145 g/mol. The predicted octanol–water partition coefficient (Wildman–Crippen LogP) is 2.73. The second-order valence-electron chi connectivity index (χ2n) is 2.81. The predicted molar refractivity (Wildman–Crippen MR) is 40.5 cm³/mol. The van der Waals surface area contributed by atoms with Gasteiger partial charge < -0.3 is 0 Å². The van der Waals surface area contributed by atoms with Crippen LogP contribution in [0.3, 0.4) is 0 Å². The van der Waals surface area contributed by atoms with Crippen LogP contribution in [-0.2, 0) is 4.57 Å². The maximum Gasteiger partial charge on any atom is 0.327 e. The summed E-state index contributed by atoms with van der Waals surface area (Å²) >= 11 is 0. The van der Waals surface area contributed by atoms with Crippen LogP contribution in [0.4, 0.5) is 0 Å². The summed E-state index contributed by atoms with van der Waals surface area (Å²) < 4.78 is 10.5. The van der Waals surface area contributed by atoms with E-state index in [0.29, 0.717) is 5.66 Å². The Morgan fingerprint density at radius 2 is 1.56 bits per heavy atom. The van der Waals surface area contributed by atoms with E-state index in [1.54, 1.807) is 0 Å². The summed E-state index contributed by atoms with van der Waals surface area (Å²) in [5.41, 5.74) is 0.549. The Kier molecular flexibility index (Phi) is 3.21. The highest BCUT2D eigenvalue weighted by Gasteiger charge is 2.16. The monoisotopic (exact) mass is 145 g/mol. The summed E-state index contributed by atoms with van der Waals surface area (Å²) in [6.07, 6.45) is 7.76. The van der Waals surface area contributed by atoms with Gasteiger partial charge in [-0.25, -0.2) is 0 Å². The first-order chi connectivity index (χ1) is 4.43. The maximum atomic E-state index is 10.5. The molecule has 2 heteroatoms. The SMILES string of the molecule is O=[PH+]C1CCCCCC1. The Balaban J connectivity index is 2.26. The molecule has 0 N–H and O–H groups in total. The molecule has 0 aromatic carbocycles. The first kappa shape index (κ1) is 7.21. The van der Waals surface area contributed by atoms with Crippen LogP contribution in [0, 0.1) is 0 Å². The standard InChI is InChI=1S/C7H13OP/c8-9-7-5-3-1-2-4-6-7/h7H,1-6H2/p+1. The highest BCUT2D eigenvalue weighted by Crippen LogP contribution is 2.25. The van der Waals surface area contributed by atoms with Gasteiger partial charge in [0.2, 0.25) is 0 Å². The molecule has 0 bridgehead atoms. The van der Waals surface area contributed by atoms with Gasteiger partial charge in [-0.05, 0) is 25.7 Å². The minimum Gasteiger partial charge on any atom is -0.0772 e. The zero-order chi connectivity index (χ0) is 6.53. The van der Waals surface area contributed by atoms with E-state index in [1.165, 1.54) is 38.5 Å². The molecule has 1 aliphatic rings. The zero-order valence-electron chi connectivity index (χ0n) is 5.73. The molecule has 0 aromatic rings. The molecular weight excluding hydrogens is 131 g/mol. The van der Waals surface area contributed by atoms with Crippen molar-refractivity contribution < 1.29 is 4.57 Å². The van der Waals surface area contributed by atoms with Crippen molar-refractivity contribution in [3.05, 3.63) is 0 Å². The van der Waals surface area contributed by atoms with Crippen LogP contribution in [0.2, 0.25) is 0 Å². The second-order valence-corrected chi connectivity index (χ2v) is 3.86. The Morgan fingerprint density at radius 3 is 2.00 bits per heavy atom. The Labute approximate surface area is 58.0 Å². The molecule has 0 radical (unpaired) electrons. The first-order valence-electron chi connectivity index (χ1n) is 3.81. The molecule has 0 aliphatic heterocycles. The lowest BCUT2D eigenvalue weighted by atomic mass is 10.2. The van der Waals surface area contributed by atoms with Crippen LogP contribution in [0.1, 0.15) is 38.5 Å². The van der Waals surface area contributed by atoms with Gasteiger partial charge in [0.1, 0.15) is 0 Å². The summed E-state index contributed by atoms with van der Waals surface area (Å²) in [7, 11) is -0.0475. The van der Waals surface area contributed by atoms with Gasteiger partial charge >= 0.3 is 8.46 Å². The molecule has 1 fully saturated rings. The van der Waals surface area contributed by atoms with Gasteiger partial charge in [-0.2, -0.15) is 0 Å². The van der Waals surface area contributed by atoms with Crippen molar-refractivity contribution >= 4 is 8.46 Å². The van der Waals surface area contributed by atoms with E-state index in [-0.39, 0.29) is 8.46 Å². The number of hydrogen-bond donors (Lipinski definition) is 0. The number of rotatable bonds is 1. The quantitative estimate of drug-likeness (QED) is 0.409. The Hall–Kier alpha value is 0.100. The van der Waals surface area contributed by atoms with Gasteiger partial charge in [-0.1, -0.05) is 17.4 Å². The van der Waals surface area contributed by atoms with Gasteiger partial charge in [0.15, 0.2) is 5.66 Å².